The molecule has 1 aliphatic rings. The second kappa shape index (κ2) is 10.4. The zero-order chi connectivity index (χ0) is 24.2. The van der Waals surface area contributed by atoms with E-state index in [0.717, 1.165) is 83.3 Å². The van der Waals surface area contributed by atoms with Crippen molar-refractivity contribution in [1.82, 2.24) is 19.8 Å². The Bertz CT molecular complexity index is 1290. The van der Waals surface area contributed by atoms with Gasteiger partial charge in [-0.05, 0) is 36.9 Å². The highest BCUT2D eigenvalue weighted by atomic mass is 16.5. The molecule has 0 atom stereocenters. The largest absolute Gasteiger partial charge is 0.496 e. The number of ether oxygens (including phenoxy) is 3. The maximum atomic E-state index is 6.09. The first-order chi connectivity index (χ1) is 17.2. The third-order valence-electron chi connectivity index (χ3n) is 6.69. The number of aromatic nitrogens is 2. The van der Waals surface area contributed by atoms with E-state index >= 15 is 0 Å². The van der Waals surface area contributed by atoms with Gasteiger partial charge in [-0.3, -0.25) is 4.90 Å². The van der Waals surface area contributed by atoms with Gasteiger partial charge in [0, 0.05) is 67.2 Å². The Morgan fingerprint density at radius 3 is 2.46 bits per heavy atom. The molecule has 182 valence electrons. The summed E-state index contributed by atoms with van der Waals surface area (Å²) in [7, 11) is 5.54. The smallest absolute Gasteiger partial charge is 0.161 e. The number of methoxy groups -OCH3 is 2. The van der Waals surface area contributed by atoms with Gasteiger partial charge in [0.05, 0.1) is 14.2 Å². The molecule has 1 fully saturated rings. The molecule has 0 bridgehead atoms. The number of piperazine rings is 1. The Labute approximate surface area is 206 Å². The molecule has 7 heteroatoms. The number of hydrogen-bond donors (Lipinski definition) is 1. The van der Waals surface area contributed by atoms with Crippen LogP contribution in [0.2, 0.25) is 0 Å². The molecule has 5 rings (SSSR count). The van der Waals surface area contributed by atoms with Crippen LogP contribution in [0.3, 0.4) is 0 Å². The average molecular weight is 473 g/mol. The summed E-state index contributed by atoms with van der Waals surface area (Å²) in [5.74, 6) is 2.31. The fourth-order valence-corrected chi connectivity index (χ4v) is 4.57. The third kappa shape index (κ3) is 4.97. The fraction of sp³-hybridized carbons (Fsp3) is 0.321. The van der Waals surface area contributed by atoms with Crippen LogP contribution in [-0.2, 0) is 0 Å². The highest BCUT2D eigenvalue weighted by Crippen LogP contribution is 2.37. The normalized spacial score (nSPS) is 14.8. The number of hydrogen-bond acceptors (Lipinski definition) is 6. The van der Waals surface area contributed by atoms with Crippen molar-refractivity contribution in [2.24, 2.45) is 0 Å². The molecule has 7 nitrogen and oxygen atoms in total. The third-order valence-corrected chi connectivity index (χ3v) is 6.69. The minimum atomic E-state index is 0.637. The zero-order valence-corrected chi connectivity index (χ0v) is 20.6. The molecular formula is C28H32N4O3. The van der Waals surface area contributed by atoms with E-state index in [0.29, 0.717) is 6.61 Å². The summed E-state index contributed by atoms with van der Waals surface area (Å²) >= 11 is 0. The molecule has 3 heterocycles. The lowest BCUT2D eigenvalue weighted by Crippen LogP contribution is -2.45. The first-order valence-electron chi connectivity index (χ1n) is 12.0. The number of likely N-dealkylation sites (N-methyl/N-ethyl adjacent to an activating group) is 1. The monoisotopic (exact) mass is 472 g/mol. The molecule has 1 saturated heterocycles. The summed E-state index contributed by atoms with van der Waals surface area (Å²) in [4.78, 5) is 12.8. The molecule has 2 aromatic heterocycles. The molecule has 0 amide bonds. The van der Waals surface area contributed by atoms with Crippen LogP contribution in [0.1, 0.15) is 0 Å². The Hall–Kier alpha value is -3.55. The number of rotatable bonds is 8. The summed E-state index contributed by atoms with van der Waals surface area (Å²) in [6, 6.07) is 16.2. The predicted octanol–water partition coefficient (Wildman–Crippen LogP) is 4.54. The molecule has 0 spiro atoms. The Morgan fingerprint density at radius 1 is 0.857 bits per heavy atom. The average Bonchev–Trinajstić information content (AvgIpc) is 3.33. The lowest BCUT2D eigenvalue weighted by atomic mass is 10.0. The van der Waals surface area contributed by atoms with Gasteiger partial charge in [-0.1, -0.05) is 24.3 Å². The molecule has 0 radical (unpaired) electrons. The second-order valence-electron chi connectivity index (χ2n) is 8.88. The van der Waals surface area contributed by atoms with Gasteiger partial charge >= 0.3 is 0 Å². The first kappa shape index (κ1) is 23.2. The van der Waals surface area contributed by atoms with Crippen molar-refractivity contribution >= 4 is 11.0 Å². The van der Waals surface area contributed by atoms with E-state index in [2.05, 4.69) is 45.0 Å². The van der Waals surface area contributed by atoms with E-state index in [1.165, 1.54) is 0 Å². The number of aromatic amines is 1. The van der Waals surface area contributed by atoms with Gasteiger partial charge in [0.2, 0.25) is 0 Å². The van der Waals surface area contributed by atoms with Crippen LogP contribution in [0, 0.1) is 0 Å². The fourth-order valence-electron chi connectivity index (χ4n) is 4.57. The van der Waals surface area contributed by atoms with Crippen LogP contribution in [0.25, 0.3) is 33.3 Å². The molecule has 35 heavy (non-hydrogen) atoms. The predicted molar refractivity (Wildman–Crippen MR) is 140 cm³/mol. The summed E-state index contributed by atoms with van der Waals surface area (Å²) in [5, 5.41) is 1.04. The van der Waals surface area contributed by atoms with E-state index in [1.54, 1.807) is 14.2 Å². The minimum absolute atomic E-state index is 0.637. The SMILES string of the molecule is COc1cc(-c2cnc3[nH]cc(-c4ccccc4OC)c3c2)ccc1OCCN1CCN(C)CC1. The molecule has 4 aromatic rings. The van der Waals surface area contributed by atoms with E-state index in [9.17, 15) is 0 Å². The molecular weight excluding hydrogens is 440 g/mol. The number of nitrogens with one attached hydrogen (secondary N) is 1. The van der Waals surface area contributed by atoms with Gasteiger partial charge < -0.3 is 24.1 Å². The van der Waals surface area contributed by atoms with E-state index in [-0.39, 0.29) is 0 Å². The second-order valence-corrected chi connectivity index (χ2v) is 8.88. The Balaban J connectivity index is 1.36. The molecule has 1 N–H and O–H groups in total. The lowest BCUT2D eigenvalue weighted by Gasteiger charge is -2.32. The highest BCUT2D eigenvalue weighted by molar-refractivity contribution is 5.97. The van der Waals surface area contributed by atoms with E-state index in [1.807, 2.05) is 42.7 Å². The van der Waals surface area contributed by atoms with Crippen LogP contribution in [-0.4, -0.2) is 80.4 Å². The lowest BCUT2D eigenvalue weighted by molar-refractivity contribution is 0.133. The number of benzene rings is 2. The molecule has 0 saturated carbocycles. The number of nitrogens with zero attached hydrogens (tertiary/aromatic N) is 3. The zero-order valence-electron chi connectivity index (χ0n) is 20.6. The van der Waals surface area contributed by atoms with E-state index in [4.69, 9.17) is 14.2 Å². The summed E-state index contributed by atoms with van der Waals surface area (Å²) in [5.41, 5.74) is 4.96. The van der Waals surface area contributed by atoms with Crippen molar-refractivity contribution in [2.45, 2.75) is 0 Å². The van der Waals surface area contributed by atoms with Crippen molar-refractivity contribution < 1.29 is 14.2 Å². The van der Waals surface area contributed by atoms with Crippen LogP contribution < -0.4 is 14.2 Å². The van der Waals surface area contributed by atoms with Crippen molar-refractivity contribution in [3.8, 4) is 39.5 Å². The number of fused-ring (bicyclic) bond motifs is 1. The number of H-pyrrole nitrogens is 1. The maximum absolute atomic E-state index is 6.09. The van der Waals surface area contributed by atoms with Crippen molar-refractivity contribution in [1.29, 1.82) is 0 Å². The number of para-hydroxylation sites is 1. The molecule has 2 aromatic carbocycles. The Morgan fingerprint density at radius 2 is 1.66 bits per heavy atom. The van der Waals surface area contributed by atoms with Gasteiger partial charge in [0.15, 0.2) is 11.5 Å². The van der Waals surface area contributed by atoms with Gasteiger partial charge in [-0.15, -0.1) is 0 Å². The van der Waals surface area contributed by atoms with Crippen LogP contribution in [0.15, 0.2) is 60.9 Å². The Kier molecular flexibility index (Phi) is 6.88. The van der Waals surface area contributed by atoms with Crippen molar-refractivity contribution in [3.63, 3.8) is 0 Å². The summed E-state index contributed by atoms with van der Waals surface area (Å²) < 4.78 is 17.3. The topological polar surface area (TPSA) is 62.9 Å². The molecule has 0 aliphatic carbocycles. The summed E-state index contributed by atoms with van der Waals surface area (Å²) in [6.45, 7) is 5.94. The quantitative estimate of drug-likeness (QED) is 0.406. The van der Waals surface area contributed by atoms with Gasteiger partial charge in [-0.25, -0.2) is 4.98 Å². The van der Waals surface area contributed by atoms with Crippen molar-refractivity contribution in [3.05, 3.63) is 60.9 Å². The molecule has 0 unspecified atom stereocenters. The first-order valence-corrected chi connectivity index (χ1v) is 12.0. The van der Waals surface area contributed by atoms with Crippen LogP contribution >= 0.6 is 0 Å². The van der Waals surface area contributed by atoms with Crippen LogP contribution in [0.5, 0.6) is 17.2 Å². The summed E-state index contributed by atoms with van der Waals surface area (Å²) in [6.07, 6.45) is 3.87. The van der Waals surface area contributed by atoms with Gasteiger partial charge in [-0.2, -0.15) is 0 Å². The van der Waals surface area contributed by atoms with Gasteiger partial charge in [0.25, 0.3) is 0 Å². The molecule has 1 aliphatic heterocycles. The number of pyridine rings is 1. The van der Waals surface area contributed by atoms with Gasteiger partial charge in [0.1, 0.15) is 18.0 Å². The highest BCUT2D eigenvalue weighted by Gasteiger charge is 2.15. The minimum Gasteiger partial charge on any atom is -0.496 e. The standard InChI is InChI=1S/C28H32N4O3/c1-31-10-12-32(13-11-31)14-15-35-26-9-8-20(17-27(26)34-3)21-16-23-24(19-30-28(23)29-18-21)22-6-4-5-7-25(22)33-2/h4-9,16-19H,10-15H2,1-3H3,(H,29,30). The van der Waals surface area contributed by atoms with Crippen molar-refractivity contribution in [2.75, 3.05) is 60.6 Å². The van der Waals surface area contributed by atoms with E-state index < -0.39 is 0 Å². The maximum Gasteiger partial charge on any atom is 0.161 e. The van der Waals surface area contributed by atoms with Crippen LogP contribution in [0.4, 0.5) is 0 Å².